The van der Waals surface area contributed by atoms with E-state index < -0.39 is 11.8 Å². The second kappa shape index (κ2) is 24.5. The Morgan fingerprint density at radius 1 is 0.517 bits per heavy atom. The molecule has 0 bridgehead atoms. The summed E-state index contributed by atoms with van der Waals surface area (Å²) in [4.78, 5) is 63.1. The lowest BCUT2D eigenvalue weighted by Crippen LogP contribution is -2.43. The average Bonchev–Trinajstić information content (AvgIpc) is 3.92. The minimum absolute atomic E-state index is 0.00570. The number of anilines is 2. The molecule has 0 aliphatic carbocycles. The van der Waals surface area contributed by atoms with E-state index in [1.807, 2.05) is 24.3 Å². The molecule has 12 heteroatoms. The highest BCUT2D eigenvalue weighted by Crippen LogP contribution is 2.34. The number of carbonyl (C=O) groups excluding carboxylic acids is 4. The van der Waals surface area contributed by atoms with E-state index in [2.05, 4.69) is 61.8 Å². The number of nitriles is 2. The molecule has 4 amide bonds. The van der Waals surface area contributed by atoms with E-state index in [9.17, 15) is 29.7 Å². The number of rotatable bonds is 25. The van der Waals surface area contributed by atoms with E-state index in [0.717, 1.165) is 123 Å². The van der Waals surface area contributed by atoms with Crippen LogP contribution in [0.3, 0.4) is 0 Å². The van der Waals surface area contributed by atoms with Gasteiger partial charge in [-0.1, -0.05) is 79.1 Å². The molecule has 4 heterocycles. The van der Waals surface area contributed by atoms with E-state index in [0.29, 0.717) is 35.1 Å². The number of unbranched alkanes of at least 4 members (excludes halogenated alkanes) is 9. The molecule has 60 heavy (non-hydrogen) atoms. The molecule has 2 aliphatic rings. The Labute approximate surface area is 366 Å². The summed E-state index contributed by atoms with van der Waals surface area (Å²) in [6, 6.07) is 12.3. The molecule has 0 unspecified atom stereocenters. The van der Waals surface area contributed by atoms with Gasteiger partial charge < -0.3 is 9.80 Å². The molecule has 322 valence electrons. The summed E-state index contributed by atoms with van der Waals surface area (Å²) >= 11 is 3.25. The first-order valence-electron chi connectivity index (χ1n) is 22.1. The molecular formula is C48H64N6O4S2. The van der Waals surface area contributed by atoms with Gasteiger partial charge in [0.05, 0.1) is 10.0 Å². The lowest BCUT2D eigenvalue weighted by atomic mass is 9.94. The molecule has 4 rings (SSSR count). The normalized spacial score (nSPS) is 16.1. The van der Waals surface area contributed by atoms with Gasteiger partial charge >= 0.3 is 0 Å². The van der Waals surface area contributed by atoms with Gasteiger partial charge in [0.25, 0.3) is 23.6 Å². The molecular weight excluding hydrogens is 789 g/mol. The van der Waals surface area contributed by atoms with Crippen molar-refractivity contribution in [2.45, 2.75) is 131 Å². The maximum Gasteiger partial charge on any atom is 0.271 e. The zero-order valence-electron chi connectivity index (χ0n) is 36.7. The highest BCUT2D eigenvalue weighted by Gasteiger charge is 2.36. The summed E-state index contributed by atoms with van der Waals surface area (Å²) in [5, 5.41) is 22.1. The van der Waals surface area contributed by atoms with Crippen molar-refractivity contribution in [3.63, 3.8) is 0 Å². The molecule has 10 nitrogen and oxygen atoms in total. The van der Waals surface area contributed by atoms with Gasteiger partial charge in [-0.3, -0.25) is 29.0 Å². The Balaban J connectivity index is 1.32. The Morgan fingerprint density at radius 2 is 0.850 bits per heavy atom. The quantitative estimate of drug-likeness (QED) is 0.0548. The van der Waals surface area contributed by atoms with Crippen LogP contribution in [0.2, 0.25) is 0 Å². The van der Waals surface area contributed by atoms with E-state index in [4.69, 9.17) is 0 Å². The Kier molecular flexibility index (Phi) is 19.5. The predicted octanol–water partition coefficient (Wildman–Crippen LogP) is 10.8. The third kappa shape index (κ3) is 12.4. The third-order valence-electron chi connectivity index (χ3n) is 11.2. The number of carbonyl (C=O) groups is 4. The van der Waals surface area contributed by atoms with Crippen molar-refractivity contribution in [2.24, 2.45) is 0 Å². The van der Waals surface area contributed by atoms with E-state index in [1.165, 1.54) is 9.80 Å². The molecule has 2 aromatic rings. The summed E-state index contributed by atoms with van der Waals surface area (Å²) in [6.07, 6.45) is 17.0. The molecule has 0 N–H and O–H groups in total. The fourth-order valence-corrected chi connectivity index (χ4v) is 9.44. The maximum absolute atomic E-state index is 13.7. The Morgan fingerprint density at radius 3 is 1.17 bits per heavy atom. The van der Waals surface area contributed by atoms with Crippen LogP contribution in [0.1, 0.15) is 141 Å². The third-order valence-corrected chi connectivity index (χ3v) is 13.4. The van der Waals surface area contributed by atoms with Crippen molar-refractivity contribution < 1.29 is 19.2 Å². The van der Waals surface area contributed by atoms with Gasteiger partial charge in [0.15, 0.2) is 0 Å². The summed E-state index contributed by atoms with van der Waals surface area (Å²) in [7, 11) is 0. The number of amides is 4. The van der Waals surface area contributed by atoms with Gasteiger partial charge in [-0.25, -0.2) is 0 Å². The molecule has 0 radical (unpaired) electrons. The van der Waals surface area contributed by atoms with E-state index in [-0.39, 0.29) is 36.1 Å². The Hall–Kier alpha value is -4.78. The van der Waals surface area contributed by atoms with Gasteiger partial charge in [-0.15, -0.1) is 22.7 Å². The van der Waals surface area contributed by atoms with Gasteiger partial charge in [-0.05, 0) is 99.9 Å². The minimum Gasteiger partial charge on any atom is -0.363 e. The lowest BCUT2D eigenvalue weighted by molar-refractivity contribution is -0.142. The average molecular weight is 853 g/mol. The monoisotopic (exact) mass is 852 g/mol. The number of nitrogens with zero attached hydrogens (tertiary/aromatic N) is 6. The smallest absolute Gasteiger partial charge is 0.271 e. The second-order valence-corrected chi connectivity index (χ2v) is 17.9. The van der Waals surface area contributed by atoms with Crippen molar-refractivity contribution >= 4 is 68.5 Å². The minimum atomic E-state index is -0.542. The van der Waals surface area contributed by atoms with Crippen LogP contribution in [0.5, 0.6) is 0 Å². The van der Waals surface area contributed by atoms with Gasteiger partial charge in [0.2, 0.25) is 0 Å². The van der Waals surface area contributed by atoms with Crippen LogP contribution >= 0.6 is 22.7 Å². The number of imide groups is 2. The van der Waals surface area contributed by atoms with Crippen LogP contribution in [-0.2, 0) is 19.2 Å². The standard InChI is InChI=1S/C48H64N6O4S2/c1-7-11-25-51(26-12-8-2)43-23-21-37(59-43)31-39-35(5)41(33-49)47(57)53(45(39)55)29-19-17-15-16-18-20-30-54-46(56)40(36(6)42(34-50)48(54)58)32-38-22-24-44(60-38)52(27-13-9-3)28-14-10-4/h21-24,31-32H,7-20,25-30H2,1-6H3/b39-31-,40-32+. The summed E-state index contributed by atoms with van der Waals surface area (Å²) in [5.74, 6) is -1.82. The fraction of sp³-hybridized carbons (Fsp3) is 0.542. The van der Waals surface area contributed by atoms with E-state index >= 15 is 0 Å². The fourth-order valence-electron chi connectivity index (χ4n) is 7.44. The van der Waals surface area contributed by atoms with Crippen molar-refractivity contribution in [3.05, 3.63) is 67.5 Å². The summed E-state index contributed by atoms with van der Waals surface area (Å²) < 4.78 is 0. The molecule has 2 aromatic heterocycles. The Bertz CT molecular complexity index is 1880. The zero-order valence-corrected chi connectivity index (χ0v) is 38.4. The predicted molar refractivity (Wildman–Crippen MR) is 246 cm³/mol. The topological polar surface area (TPSA) is 129 Å². The number of hydrogen-bond acceptors (Lipinski definition) is 10. The molecule has 0 aromatic carbocycles. The van der Waals surface area contributed by atoms with E-state index in [1.54, 1.807) is 36.5 Å². The van der Waals surface area contributed by atoms with Crippen molar-refractivity contribution in [2.75, 3.05) is 49.1 Å². The summed E-state index contributed by atoms with van der Waals surface area (Å²) in [5.41, 5.74) is 1.61. The largest absolute Gasteiger partial charge is 0.363 e. The van der Waals surface area contributed by atoms with Crippen LogP contribution in [-0.4, -0.2) is 72.7 Å². The molecule has 2 aliphatic heterocycles. The van der Waals surface area contributed by atoms with Crippen LogP contribution in [0.4, 0.5) is 10.0 Å². The highest BCUT2D eigenvalue weighted by molar-refractivity contribution is 7.17. The van der Waals surface area contributed by atoms with Crippen LogP contribution in [0.25, 0.3) is 12.2 Å². The zero-order chi connectivity index (χ0) is 43.6. The van der Waals surface area contributed by atoms with Crippen LogP contribution in [0.15, 0.2) is 57.7 Å². The molecule has 0 fully saturated rings. The molecule has 0 atom stereocenters. The molecule has 0 spiro atoms. The second-order valence-electron chi connectivity index (χ2n) is 15.7. The van der Waals surface area contributed by atoms with Crippen LogP contribution in [0, 0.1) is 22.7 Å². The highest BCUT2D eigenvalue weighted by atomic mass is 32.1. The number of hydrogen-bond donors (Lipinski definition) is 0. The van der Waals surface area contributed by atoms with Crippen LogP contribution < -0.4 is 9.80 Å². The molecule has 0 saturated carbocycles. The lowest BCUT2D eigenvalue weighted by Gasteiger charge is -2.27. The van der Waals surface area contributed by atoms with Crippen molar-refractivity contribution in [1.29, 1.82) is 10.5 Å². The first-order valence-corrected chi connectivity index (χ1v) is 23.8. The number of thiophene rings is 2. The van der Waals surface area contributed by atoms with Crippen molar-refractivity contribution in [3.8, 4) is 12.1 Å². The van der Waals surface area contributed by atoms with Crippen molar-refractivity contribution in [1.82, 2.24) is 9.80 Å². The first-order chi connectivity index (χ1) is 29.0. The SMILES string of the molecule is CCCCN(CCCC)c1ccc(/C=C2\C(=O)N(CCCCCCCCN3C(=O)C(C#N)=C(C)/C(=C\c4ccc(N(CCCC)CCCC)s4)C3=O)C(=O)C(C#N)=C2C)s1. The summed E-state index contributed by atoms with van der Waals surface area (Å²) in [6.45, 7) is 16.5. The van der Waals surface area contributed by atoms with Gasteiger partial charge in [0, 0.05) is 60.2 Å². The van der Waals surface area contributed by atoms with Gasteiger partial charge in [-0.2, -0.15) is 10.5 Å². The maximum atomic E-state index is 13.7. The first kappa shape index (κ1) is 47.9. The molecule has 0 saturated heterocycles. The van der Waals surface area contributed by atoms with Gasteiger partial charge in [0.1, 0.15) is 23.3 Å².